The lowest BCUT2D eigenvalue weighted by atomic mass is 10.0. The molecule has 0 atom stereocenters. The molecule has 1 aliphatic carbocycles. The Morgan fingerprint density at radius 3 is 2.67 bits per heavy atom. The van der Waals surface area contributed by atoms with E-state index < -0.39 is 0 Å². The van der Waals surface area contributed by atoms with Crippen LogP contribution in [0.2, 0.25) is 0 Å². The van der Waals surface area contributed by atoms with Gasteiger partial charge in [-0.2, -0.15) is 0 Å². The van der Waals surface area contributed by atoms with Gasteiger partial charge in [-0.1, -0.05) is 0 Å². The third-order valence-corrected chi connectivity index (χ3v) is 6.13. The lowest BCUT2D eigenvalue weighted by Crippen LogP contribution is -2.45. The van der Waals surface area contributed by atoms with Gasteiger partial charge in [-0.3, -0.25) is 9.69 Å². The summed E-state index contributed by atoms with van der Waals surface area (Å²) in [5.41, 5.74) is 0. The molecular formula is C16H23N3OS. The van der Waals surface area contributed by atoms with Crippen LogP contribution in [0.5, 0.6) is 0 Å². The van der Waals surface area contributed by atoms with E-state index in [-0.39, 0.29) is 0 Å². The fraction of sp³-hybridized carbons (Fsp3) is 0.750. The quantitative estimate of drug-likeness (QED) is 0.858. The van der Waals surface area contributed by atoms with Crippen molar-refractivity contribution in [2.24, 2.45) is 0 Å². The van der Waals surface area contributed by atoms with Gasteiger partial charge in [-0.15, -0.1) is 11.3 Å². The standard InChI is InChI=1S/C16H23N3OS/c20-15-2-1-7-19(15)13-5-8-18(9-6-13)11-14-10-17-16(21-14)12-3-4-12/h10,12-13H,1-9,11H2. The van der Waals surface area contributed by atoms with Crippen molar-refractivity contribution in [1.29, 1.82) is 0 Å². The Hall–Kier alpha value is -0.940. The van der Waals surface area contributed by atoms with Gasteiger partial charge < -0.3 is 4.90 Å². The highest BCUT2D eigenvalue weighted by Gasteiger charge is 2.31. The van der Waals surface area contributed by atoms with Crippen molar-refractivity contribution in [2.45, 2.75) is 57.0 Å². The molecule has 2 saturated heterocycles. The number of aromatic nitrogens is 1. The van der Waals surface area contributed by atoms with E-state index in [0.29, 0.717) is 11.9 Å². The lowest BCUT2D eigenvalue weighted by Gasteiger charge is -2.36. The Labute approximate surface area is 130 Å². The Morgan fingerprint density at radius 2 is 2.00 bits per heavy atom. The van der Waals surface area contributed by atoms with Gasteiger partial charge in [0.2, 0.25) is 5.91 Å². The average Bonchev–Trinajstić information content (AvgIpc) is 3.10. The molecule has 0 N–H and O–H groups in total. The molecule has 114 valence electrons. The van der Waals surface area contributed by atoms with Crippen LogP contribution in [0.3, 0.4) is 0 Å². The number of thiazole rings is 1. The molecule has 1 saturated carbocycles. The molecule has 0 aromatic carbocycles. The second kappa shape index (κ2) is 5.69. The molecule has 3 heterocycles. The van der Waals surface area contributed by atoms with Crippen LogP contribution in [-0.2, 0) is 11.3 Å². The van der Waals surface area contributed by atoms with Gasteiger partial charge in [0.1, 0.15) is 0 Å². The maximum atomic E-state index is 11.8. The van der Waals surface area contributed by atoms with Crippen molar-refractivity contribution in [3.8, 4) is 0 Å². The number of carbonyl (C=O) groups excluding carboxylic acids is 1. The SMILES string of the molecule is O=C1CCCN1C1CCN(Cc2cnc(C3CC3)s2)CC1. The first-order chi connectivity index (χ1) is 10.3. The first-order valence-electron chi connectivity index (χ1n) is 8.26. The fourth-order valence-electron chi connectivity index (χ4n) is 3.58. The van der Waals surface area contributed by atoms with Crippen molar-refractivity contribution in [2.75, 3.05) is 19.6 Å². The van der Waals surface area contributed by atoms with Crippen LogP contribution in [0.15, 0.2) is 6.20 Å². The summed E-state index contributed by atoms with van der Waals surface area (Å²) in [4.78, 5) is 22.5. The molecule has 21 heavy (non-hydrogen) atoms. The predicted molar refractivity (Wildman–Crippen MR) is 83.3 cm³/mol. The summed E-state index contributed by atoms with van der Waals surface area (Å²) in [5.74, 6) is 1.15. The second-order valence-corrected chi connectivity index (χ2v) is 7.78. The number of carbonyl (C=O) groups is 1. The van der Waals surface area contributed by atoms with E-state index in [1.807, 2.05) is 11.3 Å². The predicted octanol–water partition coefficient (Wildman–Crippen LogP) is 2.61. The topological polar surface area (TPSA) is 36.4 Å². The lowest BCUT2D eigenvalue weighted by molar-refractivity contribution is -0.130. The average molecular weight is 305 g/mol. The summed E-state index contributed by atoms with van der Waals surface area (Å²) in [6.45, 7) is 4.27. The zero-order valence-corrected chi connectivity index (χ0v) is 13.3. The van der Waals surface area contributed by atoms with Crippen LogP contribution in [0, 0.1) is 0 Å². The van der Waals surface area contributed by atoms with Crippen LogP contribution in [0.1, 0.15) is 54.3 Å². The van der Waals surface area contributed by atoms with E-state index in [1.54, 1.807) is 0 Å². The van der Waals surface area contributed by atoms with Crippen LogP contribution in [0.25, 0.3) is 0 Å². The number of piperidine rings is 1. The summed E-state index contributed by atoms with van der Waals surface area (Å²) >= 11 is 1.91. The maximum Gasteiger partial charge on any atom is 0.222 e. The highest BCUT2D eigenvalue weighted by atomic mass is 32.1. The second-order valence-electron chi connectivity index (χ2n) is 6.64. The minimum atomic E-state index is 0.380. The molecule has 2 aliphatic heterocycles. The minimum Gasteiger partial charge on any atom is -0.340 e. The van der Waals surface area contributed by atoms with Gasteiger partial charge >= 0.3 is 0 Å². The van der Waals surface area contributed by atoms with E-state index in [0.717, 1.165) is 57.8 Å². The number of amides is 1. The molecule has 5 heteroatoms. The number of hydrogen-bond donors (Lipinski definition) is 0. The molecule has 4 nitrogen and oxygen atoms in total. The molecule has 3 fully saturated rings. The number of nitrogens with zero attached hydrogens (tertiary/aromatic N) is 3. The van der Waals surface area contributed by atoms with E-state index in [9.17, 15) is 4.79 Å². The monoisotopic (exact) mass is 305 g/mol. The molecule has 1 amide bonds. The first kappa shape index (κ1) is 13.7. The summed E-state index contributed by atoms with van der Waals surface area (Å²) in [5, 5.41) is 1.35. The van der Waals surface area contributed by atoms with E-state index in [4.69, 9.17) is 0 Å². The molecule has 0 bridgehead atoms. The summed E-state index contributed by atoms with van der Waals surface area (Å²) in [7, 11) is 0. The maximum absolute atomic E-state index is 11.8. The summed E-state index contributed by atoms with van der Waals surface area (Å²) < 4.78 is 0. The molecule has 1 aromatic rings. The molecule has 4 rings (SSSR count). The minimum absolute atomic E-state index is 0.380. The summed E-state index contributed by atoms with van der Waals surface area (Å²) in [6.07, 6.45) is 8.85. The van der Waals surface area contributed by atoms with Gasteiger partial charge in [-0.25, -0.2) is 4.98 Å². The van der Waals surface area contributed by atoms with E-state index in [2.05, 4.69) is 21.0 Å². The first-order valence-corrected chi connectivity index (χ1v) is 9.07. The zero-order chi connectivity index (χ0) is 14.2. The highest BCUT2D eigenvalue weighted by Crippen LogP contribution is 2.41. The van der Waals surface area contributed by atoms with Gasteiger partial charge in [-0.05, 0) is 32.1 Å². The van der Waals surface area contributed by atoms with Crippen LogP contribution >= 0.6 is 11.3 Å². The number of rotatable bonds is 4. The van der Waals surface area contributed by atoms with Crippen molar-refractivity contribution in [3.05, 3.63) is 16.1 Å². The fourth-order valence-corrected chi connectivity index (χ4v) is 4.71. The van der Waals surface area contributed by atoms with Gasteiger partial charge in [0.15, 0.2) is 0 Å². The van der Waals surface area contributed by atoms with E-state index >= 15 is 0 Å². The third-order valence-electron chi connectivity index (χ3n) is 4.99. The normalized spacial score (nSPS) is 25.0. The van der Waals surface area contributed by atoms with Gasteiger partial charge in [0.25, 0.3) is 0 Å². The third kappa shape index (κ3) is 2.99. The number of likely N-dealkylation sites (tertiary alicyclic amines) is 2. The number of hydrogen-bond acceptors (Lipinski definition) is 4. The van der Waals surface area contributed by atoms with Crippen molar-refractivity contribution < 1.29 is 4.79 Å². The Morgan fingerprint density at radius 1 is 1.19 bits per heavy atom. The Bertz CT molecular complexity index is 517. The smallest absolute Gasteiger partial charge is 0.222 e. The zero-order valence-electron chi connectivity index (χ0n) is 12.5. The molecule has 0 spiro atoms. The molecule has 1 aromatic heterocycles. The van der Waals surface area contributed by atoms with Gasteiger partial charge in [0.05, 0.1) is 5.01 Å². The van der Waals surface area contributed by atoms with Crippen LogP contribution < -0.4 is 0 Å². The highest BCUT2D eigenvalue weighted by molar-refractivity contribution is 7.11. The van der Waals surface area contributed by atoms with Gasteiger partial charge in [0, 0.05) is 55.6 Å². The largest absolute Gasteiger partial charge is 0.340 e. The molecule has 0 unspecified atom stereocenters. The van der Waals surface area contributed by atoms with Crippen molar-refractivity contribution in [3.63, 3.8) is 0 Å². The summed E-state index contributed by atoms with van der Waals surface area (Å²) in [6, 6.07) is 0.500. The molecular weight excluding hydrogens is 282 g/mol. The van der Waals surface area contributed by atoms with Crippen molar-refractivity contribution >= 4 is 17.2 Å². The molecule has 0 radical (unpaired) electrons. The Kier molecular flexibility index (Phi) is 3.71. The van der Waals surface area contributed by atoms with Crippen LogP contribution in [0.4, 0.5) is 0 Å². The Balaban J connectivity index is 1.29. The van der Waals surface area contributed by atoms with E-state index in [1.165, 1.54) is 22.7 Å². The molecule has 3 aliphatic rings. The van der Waals surface area contributed by atoms with Crippen molar-refractivity contribution in [1.82, 2.24) is 14.8 Å². The van der Waals surface area contributed by atoms with Crippen LogP contribution in [-0.4, -0.2) is 46.4 Å².